The molecule has 2 aromatic heterocycles. The van der Waals surface area contributed by atoms with Crippen LogP contribution in [0.3, 0.4) is 0 Å². The smallest absolute Gasteiger partial charge is 0.407 e. The molecule has 1 aromatic carbocycles. The summed E-state index contributed by atoms with van der Waals surface area (Å²) in [4.78, 5) is 20.5. The Bertz CT molecular complexity index is 1300. The molecular formula is C22H24FN5O5S2. The van der Waals surface area contributed by atoms with Crippen LogP contribution in [0, 0.1) is 12.7 Å². The summed E-state index contributed by atoms with van der Waals surface area (Å²) >= 11 is 1.22. The summed E-state index contributed by atoms with van der Waals surface area (Å²) in [5, 5.41) is 13.1. The average Bonchev–Trinajstić information content (AvgIpc) is 3.53. The highest BCUT2D eigenvalue weighted by Gasteiger charge is 2.33. The summed E-state index contributed by atoms with van der Waals surface area (Å²) in [5.74, 6) is -0.193. The van der Waals surface area contributed by atoms with E-state index in [-0.39, 0.29) is 30.5 Å². The summed E-state index contributed by atoms with van der Waals surface area (Å²) in [7, 11) is -2.88. The van der Waals surface area contributed by atoms with Gasteiger partial charge in [-0.15, -0.1) is 11.3 Å². The van der Waals surface area contributed by atoms with Crippen LogP contribution in [0.4, 0.5) is 20.7 Å². The van der Waals surface area contributed by atoms with E-state index in [1.165, 1.54) is 42.0 Å². The van der Waals surface area contributed by atoms with Gasteiger partial charge in [0.25, 0.3) is 10.0 Å². The molecule has 1 saturated heterocycles. The summed E-state index contributed by atoms with van der Waals surface area (Å²) in [6.07, 6.45) is 0.796. The van der Waals surface area contributed by atoms with E-state index in [1.54, 1.807) is 29.6 Å². The van der Waals surface area contributed by atoms with E-state index in [9.17, 15) is 13.2 Å². The number of thiazole rings is 1. The van der Waals surface area contributed by atoms with Crippen LogP contribution >= 0.6 is 11.3 Å². The molecule has 2 N–H and O–H groups in total. The Hall–Kier alpha value is -3.45. The van der Waals surface area contributed by atoms with Crippen LogP contribution in [0.5, 0.6) is 5.75 Å². The highest BCUT2D eigenvalue weighted by atomic mass is 32.2. The Morgan fingerprint density at radius 3 is 2.69 bits per heavy atom. The van der Waals surface area contributed by atoms with Gasteiger partial charge in [-0.05, 0) is 31.0 Å². The second-order valence-electron chi connectivity index (χ2n) is 7.98. The third kappa shape index (κ3) is 5.15. The van der Waals surface area contributed by atoms with Crippen LogP contribution in [0.25, 0.3) is 0 Å². The van der Waals surface area contributed by atoms with Crippen molar-refractivity contribution in [1.29, 1.82) is 0 Å². The van der Waals surface area contributed by atoms with E-state index in [0.717, 1.165) is 4.31 Å². The first-order valence-electron chi connectivity index (χ1n) is 10.6. The maximum absolute atomic E-state index is 15.4. The number of carboxylic acid groups (broad SMARTS) is 1. The minimum atomic E-state index is -4.41. The fraction of sp³-hybridized carbons (Fsp3) is 0.318. The first-order chi connectivity index (χ1) is 16.7. The van der Waals surface area contributed by atoms with Gasteiger partial charge in [0, 0.05) is 30.1 Å². The van der Waals surface area contributed by atoms with Crippen LogP contribution in [0.1, 0.15) is 17.5 Å². The van der Waals surface area contributed by atoms with Gasteiger partial charge in [0.15, 0.2) is 11.6 Å². The minimum absolute atomic E-state index is 0.0787. The Balaban J connectivity index is 1.63. The van der Waals surface area contributed by atoms with Crippen LogP contribution in [-0.4, -0.2) is 60.7 Å². The van der Waals surface area contributed by atoms with Crippen molar-refractivity contribution in [2.45, 2.75) is 31.0 Å². The molecule has 186 valence electrons. The summed E-state index contributed by atoms with van der Waals surface area (Å²) in [5.41, 5.74) is 2.54. The highest BCUT2D eigenvalue weighted by molar-refractivity contribution is 7.92. The number of sulfonamides is 1. The number of anilines is 2. The summed E-state index contributed by atoms with van der Waals surface area (Å²) < 4.78 is 48.7. The van der Waals surface area contributed by atoms with E-state index >= 15 is 4.39 Å². The molecule has 0 spiro atoms. The SMILES string of the molecule is COc1ccc(CN(c2cscn2)S(=O)(=O)c2ncc(N[C@H]3CCN(C(=O)O)C3)c(C)c2F)cc1. The van der Waals surface area contributed by atoms with E-state index in [1.807, 2.05) is 0 Å². The third-order valence-electron chi connectivity index (χ3n) is 5.74. The molecule has 13 heteroatoms. The number of likely N-dealkylation sites (tertiary alicyclic amines) is 1. The van der Waals surface area contributed by atoms with Crippen LogP contribution in [-0.2, 0) is 16.6 Å². The fourth-order valence-corrected chi connectivity index (χ4v) is 5.82. The summed E-state index contributed by atoms with van der Waals surface area (Å²) in [6, 6.07) is 6.63. The van der Waals surface area contributed by atoms with Gasteiger partial charge in [-0.2, -0.15) is 8.42 Å². The lowest BCUT2D eigenvalue weighted by Gasteiger charge is -2.23. The molecule has 0 saturated carbocycles. The molecule has 4 rings (SSSR count). The number of methoxy groups -OCH3 is 1. The first kappa shape index (κ1) is 24.7. The topological polar surface area (TPSA) is 125 Å². The number of pyridine rings is 1. The lowest BCUT2D eigenvalue weighted by atomic mass is 10.2. The number of amides is 1. The normalized spacial score (nSPS) is 15.7. The van der Waals surface area contributed by atoms with Crippen molar-refractivity contribution < 1.29 is 27.4 Å². The first-order valence-corrected chi connectivity index (χ1v) is 13.0. The predicted octanol–water partition coefficient (Wildman–Crippen LogP) is 3.55. The van der Waals surface area contributed by atoms with E-state index in [2.05, 4.69) is 15.3 Å². The lowest BCUT2D eigenvalue weighted by Crippen LogP contribution is -2.33. The molecule has 35 heavy (non-hydrogen) atoms. The molecule has 1 fully saturated rings. The number of hydrogen-bond donors (Lipinski definition) is 2. The zero-order valence-electron chi connectivity index (χ0n) is 19.0. The Morgan fingerprint density at radius 1 is 1.34 bits per heavy atom. The van der Waals surface area contributed by atoms with E-state index < -0.39 is 27.0 Å². The fourth-order valence-electron chi connectivity index (χ4n) is 3.77. The predicted molar refractivity (Wildman–Crippen MR) is 129 cm³/mol. The number of rotatable bonds is 8. The number of aromatic nitrogens is 2. The average molecular weight is 522 g/mol. The highest BCUT2D eigenvalue weighted by Crippen LogP contribution is 2.30. The standard InChI is InChI=1S/C22H24FN5O5S2/c1-14-18(26-16-7-8-27(11-16)22(29)30)9-24-21(20(14)23)35(31,32)28(19-12-34-13-25-19)10-15-3-5-17(33-2)6-4-15/h3-6,9,12-13,16,26H,7-8,10-11H2,1-2H3,(H,29,30)/t16-/m0/s1. The summed E-state index contributed by atoms with van der Waals surface area (Å²) in [6.45, 7) is 1.99. The number of hydrogen-bond acceptors (Lipinski definition) is 8. The maximum Gasteiger partial charge on any atom is 0.407 e. The number of nitrogens with one attached hydrogen (secondary N) is 1. The largest absolute Gasteiger partial charge is 0.497 e. The Kier molecular flexibility index (Phi) is 7.08. The molecule has 0 radical (unpaired) electrons. The Labute approximate surface area is 206 Å². The number of nitrogens with zero attached hydrogens (tertiary/aromatic N) is 4. The molecule has 1 aliphatic heterocycles. The molecule has 0 bridgehead atoms. The van der Waals surface area contributed by atoms with Crippen molar-refractivity contribution in [3.8, 4) is 5.75 Å². The van der Waals surface area contributed by atoms with Crippen molar-refractivity contribution >= 4 is 39.0 Å². The van der Waals surface area contributed by atoms with Gasteiger partial charge in [0.2, 0.25) is 5.03 Å². The van der Waals surface area contributed by atoms with Crippen molar-refractivity contribution in [2.75, 3.05) is 29.8 Å². The van der Waals surface area contributed by atoms with Gasteiger partial charge in [0.1, 0.15) is 5.75 Å². The van der Waals surface area contributed by atoms with Gasteiger partial charge in [-0.25, -0.2) is 23.5 Å². The molecule has 3 aromatic rings. The molecule has 1 aliphatic rings. The van der Waals surface area contributed by atoms with Gasteiger partial charge >= 0.3 is 6.09 Å². The molecule has 0 aliphatic carbocycles. The molecule has 1 amide bonds. The van der Waals surface area contributed by atoms with Crippen LogP contribution in [0.2, 0.25) is 0 Å². The second-order valence-corrected chi connectivity index (χ2v) is 10.5. The quantitative estimate of drug-likeness (QED) is 0.461. The van der Waals surface area contributed by atoms with Crippen molar-refractivity contribution in [3.05, 3.63) is 58.3 Å². The van der Waals surface area contributed by atoms with Gasteiger partial charge < -0.3 is 20.1 Å². The van der Waals surface area contributed by atoms with Gasteiger partial charge in [0.05, 0.1) is 31.0 Å². The molecule has 10 nitrogen and oxygen atoms in total. The monoisotopic (exact) mass is 521 g/mol. The number of carbonyl (C=O) groups is 1. The number of halogens is 1. The van der Waals surface area contributed by atoms with Crippen molar-refractivity contribution in [3.63, 3.8) is 0 Å². The second kappa shape index (κ2) is 10.0. The molecule has 0 unspecified atom stereocenters. The number of ether oxygens (including phenoxy) is 1. The maximum atomic E-state index is 15.4. The Morgan fingerprint density at radius 2 is 2.09 bits per heavy atom. The van der Waals surface area contributed by atoms with Crippen LogP contribution < -0.4 is 14.4 Å². The molecule has 3 heterocycles. The zero-order valence-corrected chi connectivity index (χ0v) is 20.6. The van der Waals surface area contributed by atoms with Crippen LogP contribution in [0.15, 0.2) is 46.4 Å². The molecular weight excluding hydrogens is 497 g/mol. The molecule has 1 atom stereocenters. The van der Waals surface area contributed by atoms with E-state index in [0.29, 0.717) is 30.0 Å². The van der Waals surface area contributed by atoms with E-state index in [4.69, 9.17) is 9.84 Å². The number of benzene rings is 1. The minimum Gasteiger partial charge on any atom is -0.497 e. The van der Waals surface area contributed by atoms with Gasteiger partial charge in [-0.1, -0.05) is 12.1 Å². The lowest BCUT2D eigenvalue weighted by molar-refractivity contribution is 0.155. The third-order valence-corrected chi connectivity index (χ3v) is 7.99. The zero-order chi connectivity index (χ0) is 25.2. The van der Waals surface area contributed by atoms with Crippen molar-refractivity contribution in [2.24, 2.45) is 0 Å². The van der Waals surface area contributed by atoms with Crippen molar-refractivity contribution in [1.82, 2.24) is 14.9 Å². The van der Waals surface area contributed by atoms with Gasteiger partial charge in [-0.3, -0.25) is 0 Å².